The lowest BCUT2D eigenvalue weighted by molar-refractivity contribution is 0.599. The van der Waals surface area contributed by atoms with Crippen LogP contribution >= 0.6 is 0 Å². The van der Waals surface area contributed by atoms with Crippen molar-refractivity contribution in [2.45, 2.75) is 12.3 Å². The summed E-state index contributed by atoms with van der Waals surface area (Å²) in [6.07, 6.45) is 2.36. The molecule has 1 aromatic rings. The van der Waals surface area contributed by atoms with Gasteiger partial charge in [0.2, 0.25) is 0 Å². The molecule has 1 aromatic heterocycles. The maximum atomic E-state index is 11.2. The maximum absolute atomic E-state index is 11.2. The van der Waals surface area contributed by atoms with Gasteiger partial charge in [-0.1, -0.05) is 0 Å². The quantitative estimate of drug-likeness (QED) is 0.659. The van der Waals surface area contributed by atoms with Gasteiger partial charge in [-0.05, 0) is 0 Å². The van der Waals surface area contributed by atoms with Crippen LogP contribution in [0.3, 0.4) is 0 Å². The lowest BCUT2D eigenvalue weighted by Crippen LogP contribution is -2.20. The molecule has 0 unspecified atom stereocenters. The summed E-state index contributed by atoms with van der Waals surface area (Å²) in [7, 11) is -3.18. The second-order valence-corrected chi connectivity index (χ2v) is 5.10. The first-order valence-corrected chi connectivity index (χ1v) is 5.93. The Morgan fingerprint density at radius 2 is 2.21 bits per heavy atom. The van der Waals surface area contributed by atoms with Gasteiger partial charge in [0.25, 0.3) is 5.56 Å². The number of hydrogen-bond acceptors (Lipinski definition) is 5. The highest BCUT2D eigenvalue weighted by molar-refractivity contribution is 7.89. The molecule has 1 heterocycles. The van der Waals surface area contributed by atoms with Gasteiger partial charge in [0.15, 0.2) is 9.84 Å². The summed E-state index contributed by atoms with van der Waals surface area (Å²) >= 11 is 0. The van der Waals surface area contributed by atoms with Crippen LogP contribution in [-0.2, 0) is 22.1 Å². The van der Waals surface area contributed by atoms with E-state index in [9.17, 15) is 13.2 Å². The van der Waals surface area contributed by atoms with Crippen molar-refractivity contribution in [2.24, 2.45) is 5.73 Å². The van der Waals surface area contributed by atoms with E-state index in [2.05, 4.69) is 9.97 Å². The fraction of sp³-hybridized carbons (Fsp3) is 0.429. The third-order valence-corrected chi connectivity index (χ3v) is 2.34. The number of sulfone groups is 1. The van der Waals surface area contributed by atoms with E-state index in [1.807, 2.05) is 0 Å². The average molecular weight is 217 g/mol. The van der Waals surface area contributed by atoms with Crippen LogP contribution in [0.25, 0.3) is 0 Å². The molecule has 0 aliphatic heterocycles. The van der Waals surface area contributed by atoms with E-state index < -0.39 is 9.84 Å². The first-order chi connectivity index (χ1) is 6.42. The van der Waals surface area contributed by atoms with Crippen LogP contribution in [-0.4, -0.2) is 24.6 Å². The summed E-state index contributed by atoms with van der Waals surface area (Å²) in [6, 6.07) is 0. The molecule has 14 heavy (non-hydrogen) atoms. The van der Waals surface area contributed by atoms with Crippen molar-refractivity contribution in [2.75, 3.05) is 6.26 Å². The van der Waals surface area contributed by atoms with Gasteiger partial charge in [-0.25, -0.2) is 13.4 Å². The molecule has 0 aliphatic rings. The SMILES string of the molecule is CS(=O)(=O)Cc1ncc(CN)c(=O)[nH]1. The zero-order valence-electron chi connectivity index (χ0n) is 7.65. The van der Waals surface area contributed by atoms with Gasteiger partial charge in [0, 0.05) is 24.6 Å². The highest BCUT2D eigenvalue weighted by atomic mass is 32.2. The van der Waals surface area contributed by atoms with Gasteiger partial charge in [-0.2, -0.15) is 0 Å². The zero-order chi connectivity index (χ0) is 10.8. The Labute approximate surface area is 81.1 Å². The third kappa shape index (κ3) is 2.93. The van der Waals surface area contributed by atoms with E-state index in [0.29, 0.717) is 5.56 Å². The normalized spacial score (nSPS) is 11.6. The summed E-state index contributed by atoms with van der Waals surface area (Å²) in [5.41, 5.74) is 5.20. The average Bonchev–Trinajstić information content (AvgIpc) is 2.01. The second kappa shape index (κ2) is 3.89. The fourth-order valence-electron chi connectivity index (χ4n) is 0.925. The second-order valence-electron chi connectivity index (χ2n) is 2.96. The van der Waals surface area contributed by atoms with Crippen LogP contribution in [0.5, 0.6) is 0 Å². The predicted molar refractivity (Wildman–Crippen MR) is 51.3 cm³/mol. The Bertz CT molecular complexity index is 477. The molecule has 0 amide bonds. The largest absolute Gasteiger partial charge is 0.326 e. The van der Waals surface area contributed by atoms with Crippen LogP contribution < -0.4 is 11.3 Å². The number of aromatic amines is 1. The summed E-state index contributed by atoms with van der Waals surface area (Å²) < 4.78 is 21.8. The number of aromatic nitrogens is 2. The molecule has 1 rings (SSSR count). The highest BCUT2D eigenvalue weighted by Crippen LogP contribution is 1.95. The molecule has 0 fully saturated rings. The van der Waals surface area contributed by atoms with Gasteiger partial charge in [-0.3, -0.25) is 4.79 Å². The van der Waals surface area contributed by atoms with Crippen LogP contribution in [0, 0.1) is 0 Å². The van der Waals surface area contributed by atoms with Crippen LogP contribution in [0.1, 0.15) is 11.4 Å². The van der Waals surface area contributed by atoms with Crippen molar-refractivity contribution < 1.29 is 8.42 Å². The number of nitrogens with two attached hydrogens (primary N) is 1. The van der Waals surface area contributed by atoms with Gasteiger partial charge >= 0.3 is 0 Å². The monoisotopic (exact) mass is 217 g/mol. The zero-order valence-corrected chi connectivity index (χ0v) is 8.47. The maximum Gasteiger partial charge on any atom is 0.255 e. The van der Waals surface area contributed by atoms with Crippen molar-refractivity contribution in [3.05, 3.63) is 27.9 Å². The number of nitrogens with zero attached hydrogens (tertiary/aromatic N) is 1. The van der Waals surface area contributed by atoms with E-state index in [4.69, 9.17) is 5.73 Å². The number of rotatable bonds is 3. The minimum atomic E-state index is -3.18. The molecule has 0 saturated carbocycles. The van der Waals surface area contributed by atoms with E-state index in [-0.39, 0.29) is 23.7 Å². The van der Waals surface area contributed by atoms with E-state index >= 15 is 0 Å². The van der Waals surface area contributed by atoms with E-state index in [0.717, 1.165) is 6.26 Å². The first-order valence-electron chi connectivity index (χ1n) is 3.87. The lowest BCUT2D eigenvalue weighted by Gasteiger charge is -1.99. The molecular formula is C7H11N3O3S. The molecule has 3 N–H and O–H groups in total. The van der Waals surface area contributed by atoms with E-state index in [1.54, 1.807) is 0 Å². The molecular weight excluding hydrogens is 206 g/mol. The fourth-order valence-corrected chi connectivity index (χ4v) is 1.57. The van der Waals surface area contributed by atoms with Crippen molar-refractivity contribution in [3.8, 4) is 0 Å². The molecule has 6 nitrogen and oxygen atoms in total. The number of hydrogen-bond donors (Lipinski definition) is 2. The Morgan fingerprint density at radius 1 is 1.57 bits per heavy atom. The van der Waals surface area contributed by atoms with Gasteiger partial charge in [0.05, 0.1) is 0 Å². The van der Waals surface area contributed by atoms with Crippen molar-refractivity contribution in [3.63, 3.8) is 0 Å². The Morgan fingerprint density at radius 3 is 2.64 bits per heavy atom. The Balaban J connectivity index is 3.04. The molecule has 0 bridgehead atoms. The molecule has 7 heteroatoms. The molecule has 0 radical (unpaired) electrons. The molecule has 0 atom stereocenters. The summed E-state index contributed by atoms with van der Waals surface area (Å²) in [5.74, 6) is -0.137. The van der Waals surface area contributed by atoms with Gasteiger partial charge in [-0.15, -0.1) is 0 Å². The highest BCUT2D eigenvalue weighted by Gasteiger charge is 2.07. The minimum Gasteiger partial charge on any atom is -0.326 e. The molecule has 0 aromatic carbocycles. The summed E-state index contributed by atoms with van der Waals surface area (Å²) in [4.78, 5) is 17.3. The van der Waals surface area contributed by atoms with Crippen molar-refractivity contribution >= 4 is 9.84 Å². The van der Waals surface area contributed by atoms with Crippen LogP contribution in [0.4, 0.5) is 0 Å². The molecule has 0 aliphatic carbocycles. The minimum absolute atomic E-state index is 0.0848. The van der Waals surface area contributed by atoms with E-state index in [1.165, 1.54) is 6.20 Å². The summed E-state index contributed by atoms with van der Waals surface area (Å²) in [5, 5.41) is 0. The Kier molecular flexibility index (Phi) is 3.02. The number of H-pyrrole nitrogens is 1. The first kappa shape index (κ1) is 10.9. The molecule has 0 saturated heterocycles. The molecule has 78 valence electrons. The lowest BCUT2D eigenvalue weighted by atomic mass is 10.3. The smallest absolute Gasteiger partial charge is 0.255 e. The number of nitrogens with one attached hydrogen (secondary N) is 1. The standard InChI is InChI=1S/C7H11N3O3S/c1-14(12,13)4-6-9-3-5(2-8)7(11)10-6/h3H,2,4,8H2,1H3,(H,9,10,11). The molecule has 0 spiro atoms. The predicted octanol–water partition coefficient (Wildman–Crippen LogP) is -1.23. The van der Waals surface area contributed by atoms with Gasteiger partial charge < -0.3 is 10.7 Å². The van der Waals surface area contributed by atoms with Crippen molar-refractivity contribution in [1.82, 2.24) is 9.97 Å². The third-order valence-electron chi connectivity index (χ3n) is 1.54. The summed E-state index contributed by atoms with van der Waals surface area (Å²) in [6.45, 7) is 0.0848. The van der Waals surface area contributed by atoms with Crippen LogP contribution in [0.2, 0.25) is 0 Å². The Hall–Kier alpha value is -1.21. The topological polar surface area (TPSA) is 106 Å². The van der Waals surface area contributed by atoms with Crippen molar-refractivity contribution in [1.29, 1.82) is 0 Å². The van der Waals surface area contributed by atoms with Gasteiger partial charge in [0.1, 0.15) is 11.6 Å². The van der Waals surface area contributed by atoms with Crippen LogP contribution in [0.15, 0.2) is 11.0 Å².